The summed E-state index contributed by atoms with van der Waals surface area (Å²) in [5.74, 6) is 1.10. The number of hydrogen-bond acceptors (Lipinski definition) is 2. The molecule has 1 unspecified atom stereocenters. The van der Waals surface area contributed by atoms with Gasteiger partial charge in [-0.25, -0.2) is 0 Å². The molecular weight excluding hydrogens is 260 g/mol. The molecule has 2 rings (SSSR count). The minimum absolute atomic E-state index is 0.0902. The summed E-state index contributed by atoms with van der Waals surface area (Å²) < 4.78 is 0. The lowest BCUT2D eigenvalue weighted by molar-refractivity contribution is -0.127. The Morgan fingerprint density at radius 2 is 1.81 bits per heavy atom. The molecule has 116 valence electrons. The number of amides is 1. The Morgan fingerprint density at radius 1 is 1.19 bits per heavy atom. The first kappa shape index (κ1) is 16.0. The van der Waals surface area contributed by atoms with Gasteiger partial charge >= 0.3 is 0 Å². The second kappa shape index (κ2) is 7.60. The molecule has 0 radical (unpaired) electrons. The van der Waals surface area contributed by atoms with Crippen molar-refractivity contribution in [3.05, 3.63) is 35.9 Å². The van der Waals surface area contributed by atoms with Gasteiger partial charge in [-0.2, -0.15) is 0 Å². The Hall–Kier alpha value is -1.35. The van der Waals surface area contributed by atoms with Crippen LogP contribution in [0.3, 0.4) is 0 Å². The van der Waals surface area contributed by atoms with Gasteiger partial charge in [0.2, 0.25) is 5.91 Å². The minimum Gasteiger partial charge on any atom is -0.349 e. The van der Waals surface area contributed by atoms with Gasteiger partial charge in [0.05, 0.1) is 6.04 Å². The van der Waals surface area contributed by atoms with Crippen molar-refractivity contribution in [2.75, 3.05) is 19.6 Å². The molecule has 1 N–H and O–H groups in total. The molecule has 1 aliphatic rings. The highest BCUT2D eigenvalue weighted by atomic mass is 16.1. The Balaban J connectivity index is 1.80. The zero-order valence-electron chi connectivity index (χ0n) is 13.5. The quantitative estimate of drug-likeness (QED) is 0.902. The molecular formula is C18H28N2O. The van der Waals surface area contributed by atoms with Gasteiger partial charge in [0.15, 0.2) is 0 Å². The summed E-state index contributed by atoms with van der Waals surface area (Å²) in [5.41, 5.74) is 1.17. The number of piperidine rings is 1. The molecule has 0 saturated carbocycles. The van der Waals surface area contributed by atoms with E-state index in [4.69, 9.17) is 0 Å². The summed E-state index contributed by atoms with van der Waals surface area (Å²) in [7, 11) is 0. The smallest absolute Gasteiger partial charge is 0.223 e. The molecule has 1 amide bonds. The van der Waals surface area contributed by atoms with Gasteiger partial charge < -0.3 is 10.2 Å². The molecule has 1 aliphatic heterocycles. The van der Waals surface area contributed by atoms with Crippen molar-refractivity contribution in [1.29, 1.82) is 0 Å². The summed E-state index contributed by atoms with van der Waals surface area (Å²) in [5, 5.41) is 3.16. The van der Waals surface area contributed by atoms with Crippen LogP contribution in [-0.2, 0) is 4.79 Å². The number of likely N-dealkylation sites (tertiary alicyclic amines) is 1. The standard InChI is InChI=1S/C18H28N2O/c1-14(2)13-20-11-9-17(10-12-20)18(21)19-15(3)16-7-5-4-6-8-16/h4-8,14-15,17H,9-13H2,1-3H3,(H,19,21). The maximum Gasteiger partial charge on any atom is 0.223 e. The van der Waals surface area contributed by atoms with Crippen LogP contribution in [-0.4, -0.2) is 30.4 Å². The maximum absolute atomic E-state index is 12.4. The van der Waals surface area contributed by atoms with E-state index >= 15 is 0 Å². The van der Waals surface area contributed by atoms with E-state index < -0.39 is 0 Å². The average Bonchev–Trinajstić information content (AvgIpc) is 2.48. The number of nitrogens with one attached hydrogen (secondary N) is 1. The molecule has 0 aliphatic carbocycles. The molecule has 1 saturated heterocycles. The normalized spacial score (nSPS) is 18.7. The highest BCUT2D eigenvalue weighted by molar-refractivity contribution is 5.79. The van der Waals surface area contributed by atoms with E-state index in [1.807, 2.05) is 18.2 Å². The topological polar surface area (TPSA) is 32.3 Å². The number of carbonyl (C=O) groups is 1. The molecule has 1 fully saturated rings. The van der Waals surface area contributed by atoms with Crippen molar-refractivity contribution in [2.24, 2.45) is 11.8 Å². The van der Waals surface area contributed by atoms with Crippen LogP contribution < -0.4 is 5.32 Å². The Bertz CT molecular complexity index is 436. The predicted molar refractivity (Wildman–Crippen MR) is 87.0 cm³/mol. The fourth-order valence-electron chi connectivity index (χ4n) is 3.05. The number of hydrogen-bond donors (Lipinski definition) is 1. The van der Waals surface area contributed by atoms with Crippen molar-refractivity contribution in [3.63, 3.8) is 0 Å². The fraction of sp³-hybridized carbons (Fsp3) is 0.611. The first-order valence-electron chi connectivity index (χ1n) is 8.14. The third-order valence-corrected chi connectivity index (χ3v) is 4.24. The van der Waals surface area contributed by atoms with Gasteiger partial charge in [0, 0.05) is 12.5 Å². The summed E-state index contributed by atoms with van der Waals surface area (Å²) in [4.78, 5) is 14.9. The predicted octanol–water partition coefficient (Wildman–Crippen LogP) is 3.23. The third kappa shape index (κ3) is 4.85. The Kier molecular flexibility index (Phi) is 5.80. The molecule has 1 aromatic carbocycles. The van der Waals surface area contributed by atoms with Crippen molar-refractivity contribution in [1.82, 2.24) is 10.2 Å². The van der Waals surface area contributed by atoms with Crippen LogP contribution in [0.1, 0.15) is 45.2 Å². The lowest BCUT2D eigenvalue weighted by atomic mass is 9.94. The van der Waals surface area contributed by atoms with Crippen LogP contribution >= 0.6 is 0 Å². The van der Waals surface area contributed by atoms with E-state index in [0.29, 0.717) is 5.92 Å². The Morgan fingerprint density at radius 3 is 2.38 bits per heavy atom. The molecule has 21 heavy (non-hydrogen) atoms. The summed E-state index contributed by atoms with van der Waals surface area (Å²) >= 11 is 0. The van der Waals surface area contributed by atoms with Crippen LogP contribution in [0.5, 0.6) is 0 Å². The highest BCUT2D eigenvalue weighted by Crippen LogP contribution is 2.20. The molecule has 1 aromatic rings. The third-order valence-electron chi connectivity index (χ3n) is 4.24. The van der Waals surface area contributed by atoms with Crippen LogP contribution in [0, 0.1) is 11.8 Å². The first-order chi connectivity index (χ1) is 10.1. The zero-order chi connectivity index (χ0) is 15.2. The van der Waals surface area contributed by atoms with Crippen LogP contribution in [0.2, 0.25) is 0 Å². The van der Waals surface area contributed by atoms with Gasteiger partial charge in [-0.15, -0.1) is 0 Å². The summed E-state index contributed by atoms with van der Waals surface area (Å²) in [6, 6.07) is 10.3. The minimum atomic E-state index is 0.0902. The lowest BCUT2D eigenvalue weighted by Crippen LogP contribution is -2.42. The van der Waals surface area contributed by atoms with Crippen molar-refractivity contribution < 1.29 is 4.79 Å². The average molecular weight is 288 g/mol. The van der Waals surface area contributed by atoms with E-state index in [1.165, 1.54) is 5.56 Å². The number of nitrogens with zero attached hydrogens (tertiary/aromatic N) is 1. The fourth-order valence-corrected chi connectivity index (χ4v) is 3.05. The molecule has 0 spiro atoms. The van der Waals surface area contributed by atoms with E-state index in [2.05, 4.69) is 43.1 Å². The van der Waals surface area contributed by atoms with Gasteiger partial charge in [-0.1, -0.05) is 44.2 Å². The van der Waals surface area contributed by atoms with Crippen molar-refractivity contribution in [3.8, 4) is 0 Å². The van der Waals surface area contributed by atoms with Gasteiger partial charge in [-0.3, -0.25) is 4.79 Å². The van der Waals surface area contributed by atoms with Gasteiger partial charge in [0.25, 0.3) is 0 Å². The molecule has 1 heterocycles. The van der Waals surface area contributed by atoms with Crippen molar-refractivity contribution in [2.45, 2.75) is 39.7 Å². The Labute approximate surface area is 128 Å². The van der Waals surface area contributed by atoms with Crippen LogP contribution in [0.15, 0.2) is 30.3 Å². The van der Waals surface area contributed by atoms with Crippen LogP contribution in [0.25, 0.3) is 0 Å². The number of benzene rings is 1. The molecule has 1 atom stereocenters. The van der Waals surface area contributed by atoms with E-state index in [-0.39, 0.29) is 17.9 Å². The van der Waals surface area contributed by atoms with Gasteiger partial charge in [0.1, 0.15) is 0 Å². The first-order valence-corrected chi connectivity index (χ1v) is 8.14. The lowest BCUT2D eigenvalue weighted by Gasteiger charge is -2.32. The zero-order valence-corrected chi connectivity index (χ0v) is 13.5. The second-order valence-corrected chi connectivity index (χ2v) is 6.61. The number of rotatable bonds is 5. The monoisotopic (exact) mass is 288 g/mol. The molecule has 0 bridgehead atoms. The van der Waals surface area contributed by atoms with Crippen molar-refractivity contribution >= 4 is 5.91 Å². The van der Waals surface area contributed by atoms with E-state index in [9.17, 15) is 4.79 Å². The molecule has 3 nitrogen and oxygen atoms in total. The highest BCUT2D eigenvalue weighted by Gasteiger charge is 2.26. The molecule has 0 aromatic heterocycles. The molecule has 3 heteroatoms. The van der Waals surface area contributed by atoms with Gasteiger partial charge in [-0.05, 0) is 44.3 Å². The largest absolute Gasteiger partial charge is 0.349 e. The summed E-state index contributed by atoms with van der Waals surface area (Å²) in [6.45, 7) is 9.81. The van der Waals surface area contributed by atoms with Crippen LogP contribution in [0.4, 0.5) is 0 Å². The SMILES string of the molecule is CC(C)CN1CCC(C(=O)NC(C)c2ccccc2)CC1. The van der Waals surface area contributed by atoms with E-state index in [0.717, 1.165) is 32.5 Å². The number of carbonyl (C=O) groups excluding carboxylic acids is 1. The van der Waals surface area contributed by atoms with E-state index in [1.54, 1.807) is 0 Å². The second-order valence-electron chi connectivity index (χ2n) is 6.61. The maximum atomic E-state index is 12.4. The summed E-state index contributed by atoms with van der Waals surface area (Å²) in [6.07, 6.45) is 1.97.